The Hall–Kier alpha value is -1.18. The molecule has 1 fully saturated rings. The lowest BCUT2D eigenvalue weighted by Gasteiger charge is -2.23. The van der Waals surface area contributed by atoms with Crippen LogP contribution in [0.3, 0.4) is 0 Å². The third-order valence-electron chi connectivity index (χ3n) is 3.39. The fourth-order valence-corrected chi connectivity index (χ4v) is 3.62. The van der Waals surface area contributed by atoms with E-state index >= 15 is 0 Å². The Morgan fingerprint density at radius 1 is 1.55 bits per heavy atom. The highest BCUT2D eigenvalue weighted by Crippen LogP contribution is 2.25. The maximum Gasteiger partial charge on any atom is 0.246 e. The number of rotatable bonds is 6. The van der Waals surface area contributed by atoms with E-state index in [2.05, 4.69) is 10.3 Å². The second-order valence-electron chi connectivity index (χ2n) is 4.82. The van der Waals surface area contributed by atoms with Crippen molar-refractivity contribution in [3.63, 3.8) is 0 Å². The zero-order valence-electron chi connectivity index (χ0n) is 11.9. The van der Waals surface area contributed by atoms with Crippen molar-refractivity contribution in [2.75, 3.05) is 32.1 Å². The number of sulfonamides is 1. The highest BCUT2D eigenvalue weighted by molar-refractivity contribution is 7.89. The van der Waals surface area contributed by atoms with Gasteiger partial charge in [0, 0.05) is 26.4 Å². The van der Waals surface area contributed by atoms with Gasteiger partial charge in [-0.1, -0.05) is 6.92 Å². The SMILES string of the molecule is CCCNc1ncccc1S(=O)(=O)N(C)C1CCOC1. The minimum absolute atomic E-state index is 0.0979. The first-order valence-electron chi connectivity index (χ1n) is 6.82. The first kappa shape index (κ1) is 15.2. The molecule has 1 aromatic heterocycles. The molecule has 7 heteroatoms. The Bertz CT molecular complexity index is 542. The third kappa shape index (κ3) is 3.11. The Morgan fingerprint density at radius 3 is 3.00 bits per heavy atom. The van der Waals surface area contributed by atoms with Crippen LogP contribution in [0.4, 0.5) is 5.82 Å². The molecule has 0 radical (unpaired) electrons. The van der Waals surface area contributed by atoms with E-state index in [0.29, 0.717) is 25.6 Å². The number of hydrogen-bond acceptors (Lipinski definition) is 5. The van der Waals surface area contributed by atoms with Gasteiger partial charge in [-0.2, -0.15) is 4.31 Å². The predicted octanol–water partition coefficient (Wildman–Crippen LogP) is 1.31. The number of nitrogens with zero attached hydrogens (tertiary/aromatic N) is 2. The van der Waals surface area contributed by atoms with Crippen LogP contribution in [0.5, 0.6) is 0 Å². The van der Waals surface area contributed by atoms with Gasteiger partial charge in [-0.3, -0.25) is 0 Å². The van der Waals surface area contributed by atoms with E-state index in [1.54, 1.807) is 25.4 Å². The van der Waals surface area contributed by atoms with Gasteiger partial charge in [0.05, 0.1) is 12.6 Å². The van der Waals surface area contributed by atoms with Gasteiger partial charge >= 0.3 is 0 Å². The summed E-state index contributed by atoms with van der Waals surface area (Å²) in [5.41, 5.74) is 0. The van der Waals surface area contributed by atoms with Gasteiger partial charge in [0.1, 0.15) is 10.7 Å². The maximum atomic E-state index is 12.7. The van der Waals surface area contributed by atoms with Crippen LogP contribution in [0.1, 0.15) is 19.8 Å². The molecular formula is C13H21N3O3S. The van der Waals surface area contributed by atoms with E-state index in [1.165, 1.54) is 4.31 Å². The van der Waals surface area contributed by atoms with Gasteiger partial charge in [0.2, 0.25) is 10.0 Å². The molecule has 6 nitrogen and oxygen atoms in total. The van der Waals surface area contributed by atoms with Gasteiger partial charge in [0.25, 0.3) is 0 Å². The Labute approximate surface area is 120 Å². The van der Waals surface area contributed by atoms with Crippen molar-refractivity contribution in [3.8, 4) is 0 Å². The molecule has 2 rings (SSSR count). The molecule has 0 spiro atoms. The fraction of sp³-hybridized carbons (Fsp3) is 0.615. The zero-order valence-corrected chi connectivity index (χ0v) is 12.7. The van der Waals surface area contributed by atoms with E-state index in [9.17, 15) is 8.42 Å². The number of pyridine rings is 1. The zero-order chi connectivity index (χ0) is 14.6. The number of ether oxygens (including phenoxy) is 1. The molecule has 1 aliphatic rings. The van der Waals surface area contributed by atoms with Crippen LogP contribution in [0, 0.1) is 0 Å². The van der Waals surface area contributed by atoms with E-state index in [4.69, 9.17) is 4.74 Å². The molecular weight excluding hydrogens is 278 g/mol. The fourth-order valence-electron chi connectivity index (χ4n) is 2.14. The van der Waals surface area contributed by atoms with E-state index in [0.717, 1.165) is 12.8 Å². The van der Waals surface area contributed by atoms with E-state index in [-0.39, 0.29) is 10.9 Å². The van der Waals surface area contributed by atoms with Crippen LogP contribution in [-0.4, -0.2) is 50.6 Å². The summed E-state index contributed by atoms with van der Waals surface area (Å²) in [4.78, 5) is 4.37. The smallest absolute Gasteiger partial charge is 0.246 e. The van der Waals surface area contributed by atoms with Crippen LogP contribution in [0.25, 0.3) is 0 Å². The normalized spacial score (nSPS) is 19.4. The van der Waals surface area contributed by atoms with Crippen molar-refractivity contribution in [1.29, 1.82) is 0 Å². The Balaban J connectivity index is 2.28. The average Bonchev–Trinajstić information content (AvgIpc) is 2.98. The Morgan fingerprint density at radius 2 is 2.35 bits per heavy atom. The van der Waals surface area contributed by atoms with Crippen LogP contribution in [-0.2, 0) is 14.8 Å². The van der Waals surface area contributed by atoms with Crippen LogP contribution < -0.4 is 5.32 Å². The molecule has 112 valence electrons. The summed E-state index contributed by atoms with van der Waals surface area (Å²) in [6.07, 6.45) is 3.23. The van der Waals surface area contributed by atoms with Crippen molar-refractivity contribution in [3.05, 3.63) is 18.3 Å². The summed E-state index contributed by atoms with van der Waals surface area (Å²) in [5, 5.41) is 3.07. The van der Waals surface area contributed by atoms with Gasteiger partial charge in [0.15, 0.2) is 0 Å². The minimum atomic E-state index is -3.56. The Kier molecular flexibility index (Phi) is 4.95. The molecule has 1 N–H and O–H groups in total. The highest BCUT2D eigenvalue weighted by Gasteiger charge is 2.32. The second kappa shape index (κ2) is 6.51. The third-order valence-corrected chi connectivity index (χ3v) is 5.33. The molecule has 1 saturated heterocycles. The van der Waals surface area contributed by atoms with Crippen molar-refractivity contribution in [2.24, 2.45) is 0 Å². The van der Waals surface area contributed by atoms with Crippen molar-refractivity contribution >= 4 is 15.8 Å². The average molecular weight is 299 g/mol. The van der Waals surface area contributed by atoms with Gasteiger partial charge < -0.3 is 10.1 Å². The van der Waals surface area contributed by atoms with E-state index in [1.807, 2.05) is 6.92 Å². The van der Waals surface area contributed by atoms with Crippen LogP contribution in [0.2, 0.25) is 0 Å². The first-order valence-corrected chi connectivity index (χ1v) is 8.26. The first-order chi connectivity index (χ1) is 9.57. The predicted molar refractivity (Wildman–Crippen MR) is 77.2 cm³/mol. The number of anilines is 1. The lowest BCUT2D eigenvalue weighted by Crippen LogP contribution is -2.37. The lowest BCUT2D eigenvalue weighted by molar-refractivity contribution is 0.181. The number of hydrogen-bond donors (Lipinski definition) is 1. The summed E-state index contributed by atoms with van der Waals surface area (Å²) in [6, 6.07) is 3.13. The van der Waals surface area contributed by atoms with Crippen LogP contribution >= 0.6 is 0 Å². The molecule has 0 bridgehead atoms. The number of aromatic nitrogens is 1. The molecule has 0 amide bonds. The summed E-state index contributed by atoms with van der Waals surface area (Å²) in [6.45, 7) is 3.77. The maximum absolute atomic E-state index is 12.7. The molecule has 1 atom stereocenters. The van der Waals surface area contributed by atoms with Crippen molar-refractivity contribution in [2.45, 2.75) is 30.7 Å². The monoisotopic (exact) mass is 299 g/mol. The summed E-state index contributed by atoms with van der Waals surface area (Å²) >= 11 is 0. The lowest BCUT2D eigenvalue weighted by atomic mass is 10.3. The summed E-state index contributed by atoms with van der Waals surface area (Å²) in [7, 11) is -1.95. The summed E-state index contributed by atoms with van der Waals surface area (Å²) in [5.74, 6) is 0.417. The molecule has 2 heterocycles. The minimum Gasteiger partial charge on any atom is -0.380 e. The van der Waals surface area contributed by atoms with Gasteiger partial charge in [-0.25, -0.2) is 13.4 Å². The van der Waals surface area contributed by atoms with Crippen LogP contribution in [0.15, 0.2) is 23.2 Å². The molecule has 20 heavy (non-hydrogen) atoms. The largest absolute Gasteiger partial charge is 0.380 e. The van der Waals surface area contributed by atoms with E-state index < -0.39 is 10.0 Å². The molecule has 1 aliphatic heterocycles. The standard InChI is InChI=1S/C13H21N3O3S/c1-3-7-14-13-12(5-4-8-15-13)20(17,18)16(2)11-6-9-19-10-11/h4-5,8,11H,3,6-7,9-10H2,1-2H3,(H,14,15). The topological polar surface area (TPSA) is 71.5 Å². The number of nitrogens with one attached hydrogen (secondary N) is 1. The molecule has 0 aromatic carbocycles. The molecule has 1 unspecified atom stereocenters. The van der Waals surface area contributed by atoms with Crippen molar-refractivity contribution < 1.29 is 13.2 Å². The van der Waals surface area contributed by atoms with Gasteiger partial charge in [-0.15, -0.1) is 0 Å². The molecule has 1 aromatic rings. The molecule has 0 aliphatic carbocycles. The quantitative estimate of drug-likeness (QED) is 0.857. The van der Waals surface area contributed by atoms with Crippen molar-refractivity contribution in [1.82, 2.24) is 9.29 Å². The second-order valence-corrected chi connectivity index (χ2v) is 6.78. The molecule has 0 saturated carbocycles. The highest BCUT2D eigenvalue weighted by atomic mass is 32.2. The van der Waals surface area contributed by atoms with Gasteiger partial charge in [-0.05, 0) is 25.0 Å². The summed E-state index contributed by atoms with van der Waals surface area (Å²) < 4.78 is 32.1. The number of likely N-dealkylation sites (N-methyl/N-ethyl adjacent to an activating group) is 1.